The quantitative estimate of drug-likeness (QED) is 0.850. The lowest BCUT2D eigenvalue weighted by Gasteiger charge is -2.19. The minimum atomic E-state index is 0.113. The summed E-state index contributed by atoms with van der Waals surface area (Å²) in [4.78, 5) is 13.9. The van der Waals surface area contributed by atoms with Crippen molar-refractivity contribution in [3.63, 3.8) is 0 Å². The fourth-order valence-electron chi connectivity index (χ4n) is 2.13. The molecule has 112 valence electrons. The number of hydrogen-bond acceptors (Lipinski definition) is 3. The molecule has 0 unspecified atom stereocenters. The topological polar surface area (TPSA) is 58.2 Å². The predicted octanol–water partition coefficient (Wildman–Crippen LogP) is 2.40. The second-order valence-corrected chi connectivity index (χ2v) is 4.90. The summed E-state index contributed by atoms with van der Waals surface area (Å²) in [7, 11) is 1.82. The van der Waals surface area contributed by atoms with Crippen LogP contribution in [0.5, 0.6) is 5.75 Å². The van der Waals surface area contributed by atoms with Crippen LogP contribution in [0.25, 0.3) is 0 Å². The molecule has 0 aliphatic carbocycles. The number of H-pyrrole nitrogens is 1. The molecule has 0 fully saturated rings. The molecule has 21 heavy (non-hydrogen) atoms. The van der Waals surface area contributed by atoms with Crippen LogP contribution in [-0.4, -0.2) is 34.7 Å². The summed E-state index contributed by atoms with van der Waals surface area (Å²) in [5.41, 5.74) is 2.07. The molecule has 1 aromatic heterocycles. The minimum absolute atomic E-state index is 0.113. The van der Waals surface area contributed by atoms with E-state index in [2.05, 4.69) is 10.2 Å². The highest BCUT2D eigenvalue weighted by Gasteiger charge is 2.12. The zero-order valence-electron chi connectivity index (χ0n) is 12.5. The minimum Gasteiger partial charge on any atom is -0.494 e. The largest absolute Gasteiger partial charge is 0.494 e. The van der Waals surface area contributed by atoms with Gasteiger partial charge in [-0.3, -0.25) is 9.89 Å². The van der Waals surface area contributed by atoms with Crippen molar-refractivity contribution in [2.75, 3.05) is 13.7 Å². The van der Waals surface area contributed by atoms with E-state index in [1.54, 1.807) is 11.1 Å². The maximum absolute atomic E-state index is 12.2. The molecule has 2 rings (SSSR count). The maximum atomic E-state index is 12.2. The maximum Gasteiger partial charge on any atom is 0.222 e. The number of aromatic amines is 1. The van der Waals surface area contributed by atoms with Gasteiger partial charge < -0.3 is 9.64 Å². The molecule has 2 aromatic rings. The molecule has 5 nitrogen and oxygen atoms in total. The average Bonchev–Trinajstić information content (AvgIpc) is 3.00. The smallest absolute Gasteiger partial charge is 0.222 e. The van der Waals surface area contributed by atoms with Gasteiger partial charge in [-0.05, 0) is 25.0 Å². The molecular weight excluding hydrogens is 266 g/mol. The summed E-state index contributed by atoms with van der Waals surface area (Å²) in [6.07, 6.45) is 4.74. The first-order valence-corrected chi connectivity index (χ1v) is 7.13. The van der Waals surface area contributed by atoms with Crippen LogP contribution in [0.4, 0.5) is 0 Å². The summed E-state index contributed by atoms with van der Waals surface area (Å²) < 4.78 is 5.59. The third kappa shape index (κ3) is 4.34. The number of hydrogen-bond donors (Lipinski definition) is 1. The predicted molar refractivity (Wildman–Crippen MR) is 81.0 cm³/mol. The van der Waals surface area contributed by atoms with Gasteiger partial charge in [0.1, 0.15) is 5.75 Å². The number of nitrogens with zero attached hydrogens (tertiary/aromatic N) is 2. The van der Waals surface area contributed by atoms with Crippen LogP contribution in [0.1, 0.15) is 24.5 Å². The Kier molecular flexibility index (Phi) is 5.37. The fourth-order valence-corrected chi connectivity index (χ4v) is 2.13. The number of amides is 1. The third-order valence-electron chi connectivity index (χ3n) is 3.29. The fraction of sp³-hybridized carbons (Fsp3) is 0.375. The normalized spacial score (nSPS) is 10.4. The van der Waals surface area contributed by atoms with Gasteiger partial charge in [0.15, 0.2) is 0 Å². The average molecular weight is 287 g/mol. The Morgan fingerprint density at radius 1 is 1.38 bits per heavy atom. The number of carbonyl (C=O) groups is 1. The van der Waals surface area contributed by atoms with Crippen LogP contribution in [0.15, 0.2) is 36.7 Å². The Morgan fingerprint density at radius 3 is 2.90 bits per heavy atom. The van der Waals surface area contributed by atoms with E-state index in [-0.39, 0.29) is 5.91 Å². The van der Waals surface area contributed by atoms with Crippen molar-refractivity contribution < 1.29 is 9.53 Å². The zero-order chi connectivity index (χ0) is 15.1. The van der Waals surface area contributed by atoms with Gasteiger partial charge in [-0.1, -0.05) is 18.2 Å². The van der Waals surface area contributed by atoms with Crippen molar-refractivity contribution in [1.82, 2.24) is 15.1 Å². The number of aromatic nitrogens is 2. The van der Waals surface area contributed by atoms with E-state index in [0.29, 0.717) is 26.0 Å². The molecule has 0 radical (unpaired) electrons. The van der Waals surface area contributed by atoms with Crippen molar-refractivity contribution in [2.24, 2.45) is 0 Å². The van der Waals surface area contributed by atoms with Crippen LogP contribution in [0.3, 0.4) is 0 Å². The van der Waals surface area contributed by atoms with Crippen LogP contribution < -0.4 is 4.74 Å². The number of aryl methyl sites for hydroxylation is 1. The van der Waals surface area contributed by atoms with Crippen LogP contribution in [-0.2, 0) is 17.8 Å². The highest BCUT2D eigenvalue weighted by atomic mass is 16.5. The molecule has 0 bridgehead atoms. The molecule has 0 saturated heterocycles. The van der Waals surface area contributed by atoms with E-state index in [1.807, 2.05) is 44.4 Å². The van der Waals surface area contributed by atoms with Gasteiger partial charge in [-0.2, -0.15) is 5.10 Å². The molecule has 0 saturated carbocycles. The van der Waals surface area contributed by atoms with Gasteiger partial charge in [-0.25, -0.2) is 0 Å². The summed E-state index contributed by atoms with van der Waals surface area (Å²) >= 11 is 0. The first-order valence-electron chi connectivity index (χ1n) is 7.13. The number of nitrogens with one attached hydrogen (secondary N) is 1. The van der Waals surface area contributed by atoms with Gasteiger partial charge in [0, 0.05) is 31.8 Å². The van der Waals surface area contributed by atoms with E-state index in [1.165, 1.54) is 0 Å². The Hall–Kier alpha value is -2.30. The Balaban J connectivity index is 1.91. The van der Waals surface area contributed by atoms with Gasteiger partial charge in [-0.15, -0.1) is 0 Å². The monoisotopic (exact) mass is 287 g/mol. The molecule has 1 N–H and O–H groups in total. The van der Waals surface area contributed by atoms with E-state index >= 15 is 0 Å². The molecular formula is C16H21N3O2. The lowest BCUT2D eigenvalue weighted by atomic mass is 10.1. The molecule has 0 atom stereocenters. The Bertz CT molecular complexity index is 567. The second kappa shape index (κ2) is 7.47. The van der Waals surface area contributed by atoms with Crippen molar-refractivity contribution in [1.29, 1.82) is 0 Å². The van der Waals surface area contributed by atoms with E-state index in [4.69, 9.17) is 4.74 Å². The van der Waals surface area contributed by atoms with Gasteiger partial charge in [0.2, 0.25) is 5.91 Å². The first-order chi connectivity index (χ1) is 10.2. The van der Waals surface area contributed by atoms with Crippen molar-refractivity contribution in [3.8, 4) is 5.75 Å². The van der Waals surface area contributed by atoms with Gasteiger partial charge in [0.05, 0.1) is 12.8 Å². The molecule has 1 heterocycles. The first kappa shape index (κ1) is 15.1. The third-order valence-corrected chi connectivity index (χ3v) is 3.29. The molecule has 1 amide bonds. The lowest BCUT2D eigenvalue weighted by Crippen LogP contribution is -2.26. The van der Waals surface area contributed by atoms with Crippen LogP contribution in [0, 0.1) is 0 Å². The SMILES string of the molecule is CCOc1ccccc1CN(C)C(=O)CCc1cn[nH]c1. The number of benzene rings is 1. The molecule has 0 spiro atoms. The second-order valence-electron chi connectivity index (χ2n) is 4.90. The van der Waals surface area contributed by atoms with Crippen molar-refractivity contribution in [2.45, 2.75) is 26.3 Å². The van der Waals surface area contributed by atoms with Gasteiger partial charge >= 0.3 is 0 Å². The standard InChI is InChI=1S/C16H21N3O2/c1-3-21-15-7-5-4-6-14(15)12-19(2)16(20)9-8-13-10-17-18-11-13/h4-7,10-11H,3,8-9,12H2,1-2H3,(H,17,18). The van der Waals surface area contributed by atoms with Crippen LogP contribution in [0.2, 0.25) is 0 Å². The Labute approximate surface area is 124 Å². The Morgan fingerprint density at radius 2 is 2.19 bits per heavy atom. The summed E-state index contributed by atoms with van der Waals surface area (Å²) in [5, 5.41) is 6.63. The zero-order valence-corrected chi connectivity index (χ0v) is 12.5. The van der Waals surface area contributed by atoms with Gasteiger partial charge in [0.25, 0.3) is 0 Å². The van der Waals surface area contributed by atoms with E-state index in [9.17, 15) is 4.79 Å². The molecule has 5 heteroatoms. The van der Waals surface area contributed by atoms with E-state index in [0.717, 1.165) is 16.9 Å². The summed E-state index contributed by atoms with van der Waals surface area (Å²) in [5.74, 6) is 0.956. The number of carbonyl (C=O) groups excluding carboxylic acids is 1. The summed E-state index contributed by atoms with van der Waals surface area (Å²) in [6, 6.07) is 7.82. The van der Waals surface area contributed by atoms with Crippen molar-refractivity contribution >= 4 is 5.91 Å². The number of ether oxygens (including phenoxy) is 1. The van der Waals surface area contributed by atoms with E-state index < -0.39 is 0 Å². The molecule has 0 aliphatic heterocycles. The van der Waals surface area contributed by atoms with Crippen molar-refractivity contribution in [3.05, 3.63) is 47.8 Å². The highest BCUT2D eigenvalue weighted by molar-refractivity contribution is 5.76. The highest BCUT2D eigenvalue weighted by Crippen LogP contribution is 2.19. The number of para-hydroxylation sites is 1. The van der Waals surface area contributed by atoms with Crippen LogP contribution >= 0.6 is 0 Å². The summed E-state index contributed by atoms with van der Waals surface area (Å²) in [6.45, 7) is 3.13. The number of rotatable bonds is 7. The lowest BCUT2D eigenvalue weighted by molar-refractivity contribution is -0.130. The molecule has 0 aliphatic rings. The molecule has 1 aromatic carbocycles.